The fourth-order valence-corrected chi connectivity index (χ4v) is 15.3. The molecule has 0 amide bonds. The lowest BCUT2D eigenvalue weighted by Gasteiger charge is -2.30. The number of Topliss-reactive ketones (excluding diaryl/α,β-unsaturated/α-hetero) is 5. The quantitative estimate of drug-likeness (QED) is 0.0174. The zero-order valence-corrected chi connectivity index (χ0v) is 75.3. The molecular formula is C83H95N17O17S6. The number of carbonyl (C=O) groups is 6. The summed E-state index contributed by atoms with van der Waals surface area (Å²) in [6.45, 7) is 18.4. The molecule has 10 aromatic rings. The summed E-state index contributed by atoms with van der Waals surface area (Å²) in [5, 5.41) is 77.4. The van der Waals surface area contributed by atoms with Gasteiger partial charge in [-0.1, -0.05) is 108 Å². The maximum atomic E-state index is 11.1. The van der Waals surface area contributed by atoms with Gasteiger partial charge in [0.25, 0.3) is 0 Å². The molecule has 4 aromatic heterocycles. The number of aliphatic hydroxyl groups is 1. The van der Waals surface area contributed by atoms with E-state index in [0.29, 0.717) is 126 Å². The molecule has 3 aliphatic rings. The Morgan fingerprint density at radius 3 is 1.47 bits per heavy atom. The van der Waals surface area contributed by atoms with Gasteiger partial charge in [-0.2, -0.15) is 10.2 Å². The number of benzene rings is 6. The number of morpholine rings is 1. The predicted octanol–water partition coefficient (Wildman–Crippen LogP) is 14.1. The van der Waals surface area contributed by atoms with Gasteiger partial charge < -0.3 is 62.7 Å². The van der Waals surface area contributed by atoms with Gasteiger partial charge in [-0.25, -0.2) is 19.7 Å². The number of hydrogen-bond acceptors (Lipinski definition) is 35. The number of hydrogen-bond donors (Lipinski definition) is 6. The molecule has 123 heavy (non-hydrogen) atoms. The number of carboxylic acid groups (broad SMARTS) is 1. The Hall–Kier alpha value is -11.8. The first-order valence-corrected chi connectivity index (χ1v) is 43.3. The number of nitrogens with zero attached hydrogens (tertiary/aromatic N) is 14. The molecule has 34 nitrogen and oxygen atoms in total. The van der Waals surface area contributed by atoms with E-state index in [1.807, 2.05) is 74.0 Å². The van der Waals surface area contributed by atoms with E-state index in [0.717, 1.165) is 98.3 Å². The first-order valence-electron chi connectivity index (χ1n) is 37.4. The Morgan fingerprint density at radius 1 is 0.480 bits per heavy atom. The van der Waals surface area contributed by atoms with Gasteiger partial charge in [0.15, 0.2) is 40.0 Å². The second-order valence-corrected chi connectivity index (χ2v) is 32.3. The summed E-state index contributed by atoms with van der Waals surface area (Å²) in [4.78, 5) is 81.5. The second kappa shape index (κ2) is 48.7. The minimum Gasteiger partial charge on any atom is -0.512 e. The van der Waals surface area contributed by atoms with Crippen molar-refractivity contribution < 1.29 is 82.0 Å². The lowest BCUT2D eigenvalue weighted by molar-refractivity contribution is -0.115. The standard InChI is InChI=1S/C15H18N4O2S.C15H18N2O3S.C14H17N3O4S.C13H15N3O4S.C13H15N3OS.C13H12N2O3S/c1-11(20)10-22-15-16-14(17-18-15)12-4-2-3-5-13(12)19-6-8-21-9-7-19;1-9(18)8-21-14-7-12(16-17-14)11-5-6-13(19-3)10(2)15(11)20-4;1-8(18)7-22-14-15-13(16-17-14)9-5-6-10(19-2)12(21-4)11(9)20-3;1-7(17)6-21-13-14-12(15-16-13)11-9(19-2)4-8(18)5-10(11)20-3;1-9-5-4-6-11(7-9)12-14-15-13(16(12)3)18-8-10(2)17;1-8(16)7-19-12-6-11(14-15-12)9-4-2-3-5-10(9)13(17)18/h2-5H,6-10H2,1H3,(H,16,17,18);5-6,18H,1,7-8H2,2-4H3;5-6H,7H2,1-4H3,(H,15,16,17);4-5,18H,6H2,1-3H3,(H,14,15,16);4-7H,8H2,1-3H3;2-5H,6-7H2,1H3,(H,17,18). The topological polar surface area (TPSA) is 445 Å². The van der Waals surface area contributed by atoms with Crippen molar-refractivity contribution in [2.45, 2.75) is 81.9 Å². The summed E-state index contributed by atoms with van der Waals surface area (Å²) in [5.41, 5.74) is 9.76. The number of phenolic OH excluding ortho intramolecular Hbond substituents is 1. The van der Waals surface area contributed by atoms with Gasteiger partial charge in [0.05, 0.1) is 126 Å². The lowest BCUT2D eigenvalue weighted by Crippen LogP contribution is -2.36. The number of para-hydroxylation sites is 1. The van der Waals surface area contributed by atoms with Crippen LogP contribution in [-0.4, -0.2) is 243 Å². The largest absolute Gasteiger partial charge is 0.512 e. The van der Waals surface area contributed by atoms with E-state index in [1.165, 1.54) is 123 Å². The molecule has 650 valence electrons. The highest BCUT2D eigenvalue weighted by Crippen LogP contribution is 2.45. The van der Waals surface area contributed by atoms with Crippen LogP contribution in [-0.2, 0) is 35.8 Å². The van der Waals surface area contributed by atoms with Crippen LogP contribution in [0.25, 0.3) is 45.6 Å². The first kappa shape index (κ1) is 96.6. The first-order chi connectivity index (χ1) is 59.1. The van der Waals surface area contributed by atoms with Crippen LogP contribution >= 0.6 is 70.6 Å². The monoisotopic (exact) mass is 1790 g/mol. The number of aryl methyl sites for hydroxylation is 1. The Balaban J connectivity index is 0.000000183. The number of carboxylic acids is 1. The average molecular weight is 1800 g/mol. The highest BCUT2D eigenvalue weighted by Gasteiger charge is 2.26. The molecule has 6 N–H and O–H groups in total. The van der Waals surface area contributed by atoms with Crippen molar-refractivity contribution in [1.82, 2.24) is 60.3 Å². The predicted molar refractivity (Wildman–Crippen MR) is 482 cm³/mol. The number of aliphatic hydroxyl groups excluding tert-OH is 1. The van der Waals surface area contributed by atoms with Crippen LogP contribution in [0.15, 0.2) is 163 Å². The van der Waals surface area contributed by atoms with Crippen molar-refractivity contribution in [2.24, 2.45) is 27.5 Å². The van der Waals surface area contributed by atoms with Crippen LogP contribution in [0, 0.1) is 13.8 Å². The minimum atomic E-state index is -0.983. The van der Waals surface area contributed by atoms with Crippen molar-refractivity contribution in [1.29, 1.82) is 0 Å². The molecule has 40 heteroatoms. The van der Waals surface area contributed by atoms with Crippen molar-refractivity contribution >= 4 is 133 Å². The van der Waals surface area contributed by atoms with Crippen LogP contribution in [0.4, 0.5) is 5.69 Å². The number of methoxy groups -OCH3 is 7. The van der Waals surface area contributed by atoms with E-state index in [9.17, 15) is 33.9 Å². The van der Waals surface area contributed by atoms with Crippen molar-refractivity contribution in [2.75, 3.05) is 115 Å². The number of aromatic amines is 3. The van der Waals surface area contributed by atoms with Gasteiger partial charge in [-0.05, 0) is 97.0 Å². The molecule has 7 heterocycles. The molecule has 3 aliphatic heterocycles. The van der Waals surface area contributed by atoms with Crippen LogP contribution in [0.3, 0.4) is 0 Å². The third-order valence-corrected chi connectivity index (χ3v) is 23.2. The van der Waals surface area contributed by atoms with E-state index in [1.54, 1.807) is 85.8 Å². The summed E-state index contributed by atoms with van der Waals surface area (Å²) in [5.74, 6) is 8.30. The SMILES string of the molecule is C=C(O)CSC1=NN=C(c2ccc(OC)c(C)c2OC)C1.CC(=O)CSC1=NN=C(c2ccccc2C(=O)O)C1.CC(=O)CSc1n[nH]c(-c2ccccc2N2CCOCC2)n1.CC(=O)CSc1nnc(-c2cccc(C)c2)n1C.COc1cc(O)cc(OC)c1-c1nc(SCC(C)=O)n[nH]1.COc1ccc(-c2nc(SCC(C)=O)n[nH]2)c(OC)c1OC. The number of aromatic nitrogens is 12. The molecule has 0 bridgehead atoms. The number of H-pyrrole nitrogens is 3. The van der Waals surface area contributed by atoms with Crippen LogP contribution < -0.4 is 38.1 Å². The highest BCUT2D eigenvalue weighted by atomic mass is 32.2. The van der Waals surface area contributed by atoms with Gasteiger partial charge >= 0.3 is 5.97 Å². The maximum absolute atomic E-state index is 11.1. The molecule has 0 radical (unpaired) electrons. The molecular weight excluding hydrogens is 1700 g/mol. The summed E-state index contributed by atoms with van der Waals surface area (Å²) in [7, 11) is 12.8. The Morgan fingerprint density at radius 2 is 0.951 bits per heavy atom. The maximum Gasteiger partial charge on any atom is 0.336 e. The van der Waals surface area contributed by atoms with E-state index in [4.69, 9.17) is 48.1 Å². The Kier molecular flexibility index (Phi) is 38.3. The highest BCUT2D eigenvalue weighted by molar-refractivity contribution is 8.14. The number of phenols is 1. The number of anilines is 1. The number of carbonyl (C=O) groups excluding carboxylic acids is 5. The smallest absolute Gasteiger partial charge is 0.336 e. The molecule has 13 rings (SSSR count). The second-order valence-electron chi connectivity index (χ2n) is 26.4. The molecule has 0 atom stereocenters. The molecule has 0 spiro atoms. The molecule has 0 unspecified atom stereocenters. The van der Waals surface area contributed by atoms with Crippen molar-refractivity contribution in [3.8, 4) is 91.5 Å². The van der Waals surface area contributed by atoms with Gasteiger partial charge in [0.2, 0.25) is 21.2 Å². The van der Waals surface area contributed by atoms with E-state index in [-0.39, 0.29) is 46.0 Å². The number of ether oxygens (including phenoxy) is 8. The normalized spacial score (nSPS) is 12.4. The summed E-state index contributed by atoms with van der Waals surface area (Å²) < 4.78 is 44.6. The number of aromatic carboxylic acids is 1. The van der Waals surface area contributed by atoms with E-state index >= 15 is 0 Å². The summed E-state index contributed by atoms with van der Waals surface area (Å²) in [6.07, 6.45) is 1.10. The summed E-state index contributed by atoms with van der Waals surface area (Å²) in [6, 6.07) is 33.3. The third-order valence-electron chi connectivity index (χ3n) is 16.9. The zero-order chi connectivity index (χ0) is 89.2. The fourth-order valence-electron chi connectivity index (χ4n) is 11.4. The van der Waals surface area contributed by atoms with Crippen LogP contribution in [0.1, 0.15) is 80.1 Å². The number of ketones is 5. The van der Waals surface area contributed by atoms with Gasteiger partial charge in [0.1, 0.15) is 73.3 Å². The van der Waals surface area contributed by atoms with Crippen LogP contribution in [0.2, 0.25) is 0 Å². The number of nitrogens with one attached hydrogen (secondary N) is 3. The molecule has 1 saturated heterocycles. The van der Waals surface area contributed by atoms with E-state index in [2.05, 4.69) is 99.8 Å². The lowest BCUT2D eigenvalue weighted by atomic mass is 10.0. The third kappa shape index (κ3) is 28.6. The summed E-state index contributed by atoms with van der Waals surface area (Å²) >= 11 is 8.06. The van der Waals surface area contributed by atoms with Crippen LogP contribution in [0.5, 0.6) is 46.0 Å². The van der Waals surface area contributed by atoms with Crippen molar-refractivity contribution in [3.05, 3.63) is 149 Å². The van der Waals surface area contributed by atoms with Gasteiger partial charge in [0, 0.05) is 78.6 Å². The number of thioether (sulfide) groups is 6. The zero-order valence-electron chi connectivity index (χ0n) is 70.4. The molecule has 6 aromatic carbocycles. The van der Waals surface area contributed by atoms with Gasteiger partial charge in [-0.15, -0.1) is 59.2 Å². The Labute approximate surface area is 735 Å². The Bertz CT molecular complexity index is 5460. The number of rotatable bonds is 31. The number of aromatic hydroxyl groups is 1. The van der Waals surface area contributed by atoms with Gasteiger partial charge in [-0.3, -0.25) is 39.3 Å². The van der Waals surface area contributed by atoms with E-state index < -0.39 is 5.97 Å². The average Bonchev–Trinajstić information content (AvgIpc) is 1.82. The minimum absolute atomic E-state index is 0.0261. The fraction of sp³-hybridized carbons (Fsp3) is 0.325. The van der Waals surface area contributed by atoms with Crippen molar-refractivity contribution in [3.63, 3.8) is 0 Å². The molecule has 1 fully saturated rings. The molecule has 0 aliphatic carbocycles. The molecule has 0 saturated carbocycles.